The van der Waals surface area contributed by atoms with Crippen molar-refractivity contribution in [3.63, 3.8) is 0 Å². The maximum absolute atomic E-state index is 12.9. The average molecular weight is 990 g/mol. The Bertz CT molecular complexity index is 1530. The Morgan fingerprint density at radius 3 is 0.814 bits per heavy atom. The van der Waals surface area contributed by atoms with Crippen LogP contribution in [0.5, 0.6) is 0 Å². The molecule has 0 bridgehead atoms. The zero-order valence-corrected chi connectivity index (χ0v) is 48.1. The molecule has 0 aromatic carbocycles. The molecule has 0 saturated carbocycles. The fraction of sp³-hybridized carbons (Fsp3) is 0.931. The van der Waals surface area contributed by atoms with Gasteiger partial charge in [-0.1, -0.05) is 58.3 Å². The van der Waals surface area contributed by atoms with Crippen molar-refractivity contribution in [2.45, 2.75) is 341 Å². The Balaban J connectivity index is 0.000000371. The molecule has 4 heterocycles. The summed E-state index contributed by atoms with van der Waals surface area (Å²) in [7, 11) is 0. The number of hydrogen-bond acceptors (Lipinski definition) is 12. The largest absolute Gasteiger partial charge is 0.462 e. The summed E-state index contributed by atoms with van der Waals surface area (Å²) in [6, 6.07) is 0. The summed E-state index contributed by atoms with van der Waals surface area (Å²) >= 11 is 0. The predicted molar refractivity (Wildman–Crippen MR) is 285 cm³/mol. The maximum atomic E-state index is 12.9. The van der Waals surface area contributed by atoms with Gasteiger partial charge in [-0.3, -0.25) is 19.2 Å². The Morgan fingerprint density at radius 2 is 0.571 bits per heavy atom. The number of carbonyl (C=O) groups is 4. The summed E-state index contributed by atoms with van der Waals surface area (Å²) in [4.78, 5) is 49.8. The number of carbonyl (C=O) groups excluding carboxylic acids is 4. The molecular weight excluding hydrogens is 881 g/mol. The summed E-state index contributed by atoms with van der Waals surface area (Å²) in [5.74, 6) is -0.231. The van der Waals surface area contributed by atoms with Gasteiger partial charge in [0.05, 0.1) is 5.92 Å². The van der Waals surface area contributed by atoms with Crippen LogP contribution in [-0.4, -0.2) is 92.6 Å². The van der Waals surface area contributed by atoms with Gasteiger partial charge in [0, 0.05) is 115 Å². The van der Waals surface area contributed by atoms with Crippen LogP contribution in [0, 0.1) is 5.92 Å². The molecule has 0 spiro atoms. The van der Waals surface area contributed by atoms with Crippen molar-refractivity contribution >= 4 is 23.9 Å². The molecule has 1 atom stereocenters. The van der Waals surface area contributed by atoms with Gasteiger partial charge in [-0.25, -0.2) is 0 Å². The van der Waals surface area contributed by atoms with Crippen LogP contribution in [0.4, 0.5) is 0 Å². The first kappa shape index (κ1) is 62.0. The standard InChI is InChI=1S/C30H56N2O4.C28H52N2O4/c1-10-22(26(34)36-24-20-29(6,7)32-30(8,9)21-24)16-14-12-11-13-15-17-25(33)35-23-18-27(2,3)31-28(4,5)19-23;1-25(2)17-21(18-26(3,4)29-25)33-23(31)15-13-11-9-10-12-14-16-24(32)34-22-19-27(5,6)30-28(7,8)20-22/h22-24,31-32H,10-21H2,1-9H3;21-22,29-30H,9-20H2,1-8H3. The Hall–Kier alpha value is -2.28. The smallest absolute Gasteiger partial charge is 0.309 e. The van der Waals surface area contributed by atoms with E-state index in [2.05, 4.69) is 139 Å². The van der Waals surface area contributed by atoms with Crippen LogP contribution in [0.1, 0.15) is 272 Å². The lowest BCUT2D eigenvalue weighted by atomic mass is 9.81. The lowest BCUT2D eigenvalue weighted by Gasteiger charge is -2.46. The van der Waals surface area contributed by atoms with Gasteiger partial charge >= 0.3 is 23.9 Å². The molecule has 408 valence electrons. The number of piperidine rings is 4. The van der Waals surface area contributed by atoms with E-state index in [-0.39, 0.29) is 98.5 Å². The minimum Gasteiger partial charge on any atom is -0.462 e. The lowest BCUT2D eigenvalue weighted by Crippen LogP contribution is -2.59. The molecule has 4 fully saturated rings. The van der Waals surface area contributed by atoms with Crippen LogP contribution in [0.2, 0.25) is 0 Å². The normalized spacial score (nSPS) is 24.0. The highest BCUT2D eigenvalue weighted by atomic mass is 16.6. The number of ether oxygens (including phenoxy) is 4. The zero-order chi connectivity index (χ0) is 52.8. The third-order valence-electron chi connectivity index (χ3n) is 14.6. The SMILES string of the molecule is CC1(C)CC(OC(=O)CCCCCCCCC(=O)OC2CC(C)(C)NC(C)(C)C2)CC(C)(C)N1.CCC(CCCCCCCC(=O)OC1CC(C)(C)NC(C)(C)C1)C(=O)OC1CC(C)(C)NC(C)(C)C1. The van der Waals surface area contributed by atoms with E-state index in [1.54, 1.807) is 0 Å². The average Bonchev–Trinajstić information content (AvgIpc) is 3.12. The Labute approximate surface area is 428 Å². The van der Waals surface area contributed by atoms with Crippen LogP contribution in [-0.2, 0) is 38.1 Å². The molecule has 4 saturated heterocycles. The molecule has 1 unspecified atom stereocenters. The van der Waals surface area contributed by atoms with Crippen LogP contribution in [0.3, 0.4) is 0 Å². The first-order valence-corrected chi connectivity index (χ1v) is 28.0. The second-order valence-electron chi connectivity index (χ2n) is 27.6. The van der Waals surface area contributed by atoms with Crippen molar-refractivity contribution in [1.82, 2.24) is 21.3 Å². The number of rotatable bonds is 23. The van der Waals surface area contributed by atoms with E-state index < -0.39 is 0 Å². The molecular formula is C58H108N4O8. The Kier molecular flexibility index (Phi) is 23.3. The maximum Gasteiger partial charge on any atom is 0.309 e. The van der Waals surface area contributed by atoms with Crippen LogP contribution in [0.25, 0.3) is 0 Å². The van der Waals surface area contributed by atoms with Gasteiger partial charge in [-0.15, -0.1) is 0 Å². The van der Waals surface area contributed by atoms with E-state index in [1.165, 1.54) is 0 Å². The van der Waals surface area contributed by atoms with E-state index in [1.807, 2.05) is 0 Å². The number of hydrogen-bond donors (Lipinski definition) is 4. The molecule has 0 amide bonds. The first-order chi connectivity index (χ1) is 32.1. The van der Waals surface area contributed by atoms with Crippen molar-refractivity contribution in [2.24, 2.45) is 5.92 Å². The molecule has 12 nitrogen and oxygen atoms in total. The topological polar surface area (TPSA) is 153 Å². The van der Waals surface area contributed by atoms with E-state index in [0.717, 1.165) is 135 Å². The van der Waals surface area contributed by atoms with Crippen LogP contribution < -0.4 is 21.3 Å². The first-order valence-electron chi connectivity index (χ1n) is 28.0. The zero-order valence-electron chi connectivity index (χ0n) is 48.1. The van der Waals surface area contributed by atoms with Crippen molar-refractivity contribution < 1.29 is 38.1 Å². The number of nitrogens with one attached hydrogen (secondary N) is 4. The predicted octanol–water partition coefficient (Wildman–Crippen LogP) is 12.3. The minimum atomic E-state index is -0.0643. The van der Waals surface area contributed by atoms with E-state index >= 15 is 0 Å². The second-order valence-corrected chi connectivity index (χ2v) is 27.6. The molecule has 12 heteroatoms. The summed E-state index contributed by atoms with van der Waals surface area (Å²) in [5, 5.41) is 14.5. The number of unbranched alkanes of at least 4 members (excludes halogenated alkanes) is 9. The quantitative estimate of drug-likeness (QED) is 0.0438. The highest BCUT2D eigenvalue weighted by Crippen LogP contribution is 2.35. The summed E-state index contributed by atoms with van der Waals surface area (Å²) in [6.07, 6.45) is 21.1. The Morgan fingerprint density at radius 1 is 0.357 bits per heavy atom. The molecule has 0 aromatic heterocycles. The van der Waals surface area contributed by atoms with Gasteiger partial charge < -0.3 is 40.2 Å². The van der Waals surface area contributed by atoms with Crippen molar-refractivity contribution in [3.8, 4) is 0 Å². The van der Waals surface area contributed by atoms with Crippen molar-refractivity contribution in [2.75, 3.05) is 0 Å². The van der Waals surface area contributed by atoms with E-state index in [4.69, 9.17) is 18.9 Å². The summed E-state index contributed by atoms with van der Waals surface area (Å²) in [6.45, 7) is 36.9. The minimum absolute atomic E-state index is 0.000484. The van der Waals surface area contributed by atoms with Gasteiger partial charge in [0.15, 0.2) is 0 Å². The molecule has 4 N–H and O–H groups in total. The number of esters is 4. The monoisotopic (exact) mass is 989 g/mol. The summed E-state index contributed by atoms with van der Waals surface area (Å²) in [5.41, 5.74) is -0.143. The van der Waals surface area contributed by atoms with Crippen LogP contribution >= 0.6 is 0 Å². The molecule has 4 rings (SSSR count). The second kappa shape index (κ2) is 26.3. The van der Waals surface area contributed by atoms with Gasteiger partial charge in [-0.2, -0.15) is 0 Å². The lowest BCUT2D eigenvalue weighted by molar-refractivity contribution is -0.159. The fourth-order valence-corrected chi connectivity index (χ4v) is 13.2. The third kappa shape index (κ3) is 25.1. The molecule has 0 aliphatic carbocycles. The fourth-order valence-electron chi connectivity index (χ4n) is 13.2. The van der Waals surface area contributed by atoms with E-state index in [0.29, 0.717) is 19.3 Å². The van der Waals surface area contributed by atoms with Gasteiger partial charge in [-0.05, 0) is 143 Å². The van der Waals surface area contributed by atoms with Gasteiger partial charge in [0.25, 0.3) is 0 Å². The molecule has 4 aliphatic heterocycles. The molecule has 4 aliphatic rings. The highest BCUT2D eigenvalue weighted by molar-refractivity contribution is 5.72. The van der Waals surface area contributed by atoms with Crippen molar-refractivity contribution in [3.05, 3.63) is 0 Å². The van der Waals surface area contributed by atoms with Crippen LogP contribution in [0.15, 0.2) is 0 Å². The molecule has 0 radical (unpaired) electrons. The summed E-state index contributed by atoms with van der Waals surface area (Å²) < 4.78 is 23.4. The van der Waals surface area contributed by atoms with Crippen molar-refractivity contribution in [1.29, 1.82) is 0 Å². The van der Waals surface area contributed by atoms with Gasteiger partial charge in [0.2, 0.25) is 0 Å². The third-order valence-corrected chi connectivity index (χ3v) is 14.6. The van der Waals surface area contributed by atoms with E-state index in [9.17, 15) is 19.2 Å². The highest BCUT2D eigenvalue weighted by Gasteiger charge is 2.43. The molecule has 0 aromatic rings. The van der Waals surface area contributed by atoms with Gasteiger partial charge in [0.1, 0.15) is 24.4 Å². The molecule has 70 heavy (non-hydrogen) atoms.